The molecule has 0 aliphatic rings. The molecule has 0 aliphatic carbocycles. The van der Waals surface area contributed by atoms with E-state index in [1.807, 2.05) is 45.0 Å². The van der Waals surface area contributed by atoms with Crippen molar-refractivity contribution >= 4 is 27.7 Å². The molecule has 0 heterocycles. The first-order valence-corrected chi connectivity index (χ1v) is 7.55. The van der Waals surface area contributed by atoms with E-state index in [4.69, 9.17) is 0 Å². The Morgan fingerprint density at radius 3 is 2.35 bits per heavy atom. The highest BCUT2D eigenvalue weighted by atomic mass is 79.9. The van der Waals surface area contributed by atoms with E-state index in [1.165, 1.54) is 0 Å². The summed E-state index contributed by atoms with van der Waals surface area (Å²) >= 11 is 3.37. The van der Waals surface area contributed by atoms with Crippen LogP contribution in [0.3, 0.4) is 0 Å². The van der Waals surface area contributed by atoms with Crippen LogP contribution in [-0.4, -0.2) is 18.4 Å². The number of carbonyl (C=O) groups is 2. The molecule has 2 atom stereocenters. The summed E-state index contributed by atoms with van der Waals surface area (Å²) in [5, 5.41) is 5.50. The van der Waals surface area contributed by atoms with Crippen molar-refractivity contribution < 1.29 is 9.59 Å². The van der Waals surface area contributed by atoms with Gasteiger partial charge in [-0.3, -0.25) is 9.59 Å². The number of nitrogens with one attached hydrogen (secondary N) is 2. The lowest BCUT2D eigenvalue weighted by Crippen LogP contribution is -2.39. The third kappa shape index (κ3) is 5.33. The molecular weight excluding hydrogens is 320 g/mol. The second kappa shape index (κ2) is 8.04. The Labute approximate surface area is 128 Å². The molecule has 110 valence electrons. The number of carbonyl (C=O) groups excluding carboxylic acids is 2. The number of rotatable bonds is 6. The van der Waals surface area contributed by atoms with E-state index in [2.05, 4.69) is 26.6 Å². The minimum atomic E-state index is -0.183. The van der Waals surface area contributed by atoms with Gasteiger partial charge in [0.1, 0.15) is 0 Å². The van der Waals surface area contributed by atoms with Gasteiger partial charge in [0, 0.05) is 10.4 Å². The molecule has 0 radical (unpaired) electrons. The molecule has 1 aromatic carbocycles. The van der Waals surface area contributed by atoms with Crippen molar-refractivity contribution in [1.82, 2.24) is 10.6 Å². The standard InChI is InChI=1S/C15H21BrN2O2/c1-4-10(2)15(20)17-9-14(19)18-11(3)12-5-7-13(16)8-6-12/h5-8,10-11H,4,9H2,1-3H3,(H,17,20)(H,18,19). The Balaban J connectivity index is 2.42. The third-order valence-electron chi connectivity index (χ3n) is 3.23. The van der Waals surface area contributed by atoms with Crippen LogP contribution in [0.15, 0.2) is 28.7 Å². The zero-order valence-electron chi connectivity index (χ0n) is 12.1. The van der Waals surface area contributed by atoms with Crippen LogP contribution >= 0.6 is 15.9 Å². The molecular formula is C15H21BrN2O2. The molecule has 4 nitrogen and oxygen atoms in total. The Hall–Kier alpha value is -1.36. The van der Waals surface area contributed by atoms with Gasteiger partial charge in [-0.25, -0.2) is 0 Å². The van der Waals surface area contributed by atoms with E-state index in [-0.39, 0.29) is 30.3 Å². The maximum atomic E-state index is 11.8. The molecule has 20 heavy (non-hydrogen) atoms. The summed E-state index contributed by atoms with van der Waals surface area (Å²) < 4.78 is 1.00. The normalized spacial score (nSPS) is 13.4. The summed E-state index contributed by atoms with van der Waals surface area (Å²) in [7, 11) is 0. The Kier molecular flexibility index (Phi) is 6.71. The lowest BCUT2D eigenvalue weighted by molar-refractivity contribution is -0.128. The number of amides is 2. The maximum Gasteiger partial charge on any atom is 0.239 e. The van der Waals surface area contributed by atoms with Crippen molar-refractivity contribution in [1.29, 1.82) is 0 Å². The minimum Gasteiger partial charge on any atom is -0.348 e. The van der Waals surface area contributed by atoms with Gasteiger partial charge >= 0.3 is 0 Å². The van der Waals surface area contributed by atoms with Gasteiger partial charge in [0.2, 0.25) is 11.8 Å². The number of benzene rings is 1. The fourth-order valence-corrected chi connectivity index (χ4v) is 1.92. The van der Waals surface area contributed by atoms with Crippen molar-refractivity contribution in [2.24, 2.45) is 5.92 Å². The van der Waals surface area contributed by atoms with E-state index in [9.17, 15) is 9.59 Å². The first-order valence-electron chi connectivity index (χ1n) is 6.76. The smallest absolute Gasteiger partial charge is 0.239 e. The molecule has 0 fully saturated rings. The average Bonchev–Trinajstić information content (AvgIpc) is 2.44. The summed E-state index contributed by atoms with van der Waals surface area (Å²) in [6.45, 7) is 5.72. The number of hydrogen-bond acceptors (Lipinski definition) is 2. The lowest BCUT2D eigenvalue weighted by Gasteiger charge is -2.15. The number of hydrogen-bond donors (Lipinski definition) is 2. The number of halogens is 1. The highest BCUT2D eigenvalue weighted by Gasteiger charge is 2.13. The molecule has 0 bridgehead atoms. The maximum absolute atomic E-state index is 11.8. The van der Waals surface area contributed by atoms with Gasteiger partial charge in [0.25, 0.3) is 0 Å². The molecule has 2 unspecified atom stereocenters. The molecule has 5 heteroatoms. The van der Waals surface area contributed by atoms with Crippen molar-refractivity contribution in [3.8, 4) is 0 Å². The highest BCUT2D eigenvalue weighted by Crippen LogP contribution is 2.16. The molecule has 0 saturated carbocycles. The Bertz CT molecular complexity index is 459. The Morgan fingerprint density at radius 2 is 1.80 bits per heavy atom. The molecule has 0 saturated heterocycles. The lowest BCUT2D eigenvalue weighted by atomic mass is 10.1. The van der Waals surface area contributed by atoms with Crippen LogP contribution in [0.25, 0.3) is 0 Å². The SMILES string of the molecule is CCC(C)C(=O)NCC(=O)NC(C)c1ccc(Br)cc1. The van der Waals surface area contributed by atoms with E-state index in [1.54, 1.807) is 0 Å². The van der Waals surface area contributed by atoms with Gasteiger partial charge in [-0.05, 0) is 31.0 Å². The van der Waals surface area contributed by atoms with E-state index in [0.29, 0.717) is 0 Å². The van der Waals surface area contributed by atoms with E-state index < -0.39 is 0 Å². The van der Waals surface area contributed by atoms with Gasteiger partial charge < -0.3 is 10.6 Å². The molecule has 1 aromatic rings. The molecule has 0 spiro atoms. The van der Waals surface area contributed by atoms with Crippen LogP contribution in [0, 0.1) is 5.92 Å². The summed E-state index contributed by atoms with van der Waals surface area (Å²) in [6, 6.07) is 7.68. The van der Waals surface area contributed by atoms with Gasteiger partial charge in [-0.2, -0.15) is 0 Å². The van der Waals surface area contributed by atoms with Crippen molar-refractivity contribution in [2.45, 2.75) is 33.2 Å². The summed E-state index contributed by atoms with van der Waals surface area (Å²) in [5.41, 5.74) is 1.02. The largest absolute Gasteiger partial charge is 0.348 e. The quantitative estimate of drug-likeness (QED) is 0.836. The molecule has 1 rings (SSSR count). The zero-order chi connectivity index (χ0) is 15.1. The van der Waals surface area contributed by atoms with Gasteiger partial charge in [-0.15, -0.1) is 0 Å². The summed E-state index contributed by atoms with van der Waals surface area (Å²) in [6.07, 6.45) is 0.767. The Morgan fingerprint density at radius 1 is 1.20 bits per heavy atom. The highest BCUT2D eigenvalue weighted by molar-refractivity contribution is 9.10. The first-order chi connectivity index (χ1) is 9.43. The van der Waals surface area contributed by atoms with E-state index >= 15 is 0 Å². The van der Waals surface area contributed by atoms with Crippen molar-refractivity contribution in [3.63, 3.8) is 0 Å². The second-order valence-electron chi connectivity index (χ2n) is 4.87. The van der Waals surface area contributed by atoms with Crippen LogP contribution in [0.5, 0.6) is 0 Å². The van der Waals surface area contributed by atoms with Crippen LogP contribution in [0.1, 0.15) is 38.8 Å². The molecule has 0 aromatic heterocycles. The average molecular weight is 341 g/mol. The van der Waals surface area contributed by atoms with Crippen LogP contribution in [-0.2, 0) is 9.59 Å². The van der Waals surface area contributed by atoms with Gasteiger partial charge in [0.15, 0.2) is 0 Å². The minimum absolute atomic E-state index is 0.0179. The fraction of sp³-hybridized carbons (Fsp3) is 0.467. The van der Waals surface area contributed by atoms with E-state index in [0.717, 1.165) is 16.5 Å². The molecule has 2 N–H and O–H groups in total. The first kappa shape index (κ1) is 16.7. The molecule has 0 aliphatic heterocycles. The van der Waals surface area contributed by atoms with Crippen LogP contribution < -0.4 is 10.6 Å². The summed E-state index contributed by atoms with van der Waals surface area (Å²) in [5.74, 6) is -0.331. The monoisotopic (exact) mass is 340 g/mol. The topological polar surface area (TPSA) is 58.2 Å². The predicted molar refractivity (Wildman–Crippen MR) is 83.2 cm³/mol. The second-order valence-corrected chi connectivity index (χ2v) is 5.78. The van der Waals surface area contributed by atoms with Gasteiger partial charge in [0.05, 0.1) is 12.6 Å². The predicted octanol–water partition coefficient (Wildman–Crippen LogP) is 2.79. The van der Waals surface area contributed by atoms with Crippen LogP contribution in [0.4, 0.5) is 0 Å². The fourth-order valence-electron chi connectivity index (χ4n) is 1.65. The van der Waals surface area contributed by atoms with Gasteiger partial charge in [-0.1, -0.05) is 41.9 Å². The summed E-state index contributed by atoms with van der Waals surface area (Å²) in [4.78, 5) is 23.3. The van der Waals surface area contributed by atoms with Crippen LogP contribution in [0.2, 0.25) is 0 Å². The molecule has 2 amide bonds. The van der Waals surface area contributed by atoms with Crippen molar-refractivity contribution in [2.75, 3.05) is 6.54 Å². The zero-order valence-corrected chi connectivity index (χ0v) is 13.7. The third-order valence-corrected chi connectivity index (χ3v) is 3.76. The van der Waals surface area contributed by atoms with Crippen molar-refractivity contribution in [3.05, 3.63) is 34.3 Å².